The zero-order chi connectivity index (χ0) is 21.1. The van der Waals surface area contributed by atoms with Gasteiger partial charge in [-0.05, 0) is 48.4 Å². The first kappa shape index (κ1) is 19.9. The number of rotatable bonds is 5. The molecule has 0 fully saturated rings. The van der Waals surface area contributed by atoms with Crippen LogP contribution in [0.2, 0.25) is 0 Å². The number of carbonyl (C=O) groups excluding carboxylic acids is 1. The summed E-state index contributed by atoms with van der Waals surface area (Å²) in [5, 5.41) is 7.58. The monoisotopic (exact) mass is 408 g/mol. The van der Waals surface area contributed by atoms with Crippen LogP contribution in [0.5, 0.6) is 5.75 Å². The lowest BCUT2D eigenvalue weighted by atomic mass is 10.1. The van der Waals surface area contributed by atoms with Gasteiger partial charge in [0.05, 0.1) is 6.54 Å². The number of nitrogens with one attached hydrogen (secondary N) is 1. The van der Waals surface area contributed by atoms with Gasteiger partial charge in [-0.3, -0.25) is 4.68 Å². The number of amides is 2. The first-order valence-electron chi connectivity index (χ1n) is 10.1. The number of aryl methyl sites for hydroxylation is 2. The van der Waals surface area contributed by atoms with Gasteiger partial charge in [-0.1, -0.05) is 19.1 Å². The van der Waals surface area contributed by atoms with Gasteiger partial charge in [0.1, 0.15) is 23.9 Å². The van der Waals surface area contributed by atoms with E-state index in [9.17, 15) is 9.18 Å². The molecule has 30 heavy (non-hydrogen) atoms. The van der Waals surface area contributed by atoms with Gasteiger partial charge < -0.3 is 15.0 Å². The Morgan fingerprint density at radius 3 is 2.80 bits per heavy atom. The summed E-state index contributed by atoms with van der Waals surface area (Å²) in [5.74, 6) is 0.278. The Bertz CT molecular complexity index is 1050. The van der Waals surface area contributed by atoms with Crippen LogP contribution >= 0.6 is 0 Å². The number of carbonyl (C=O) groups is 1. The van der Waals surface area contributed by atoms with Crippen LogP contribution in [0, 0.1) is 5.82 Å². The fourth-order valence-electron chi connectivity index (χ4n) is 3.71. The van der Waals surface area contributed by atoms with Gasteiger partial charge in [-0.2, -0.15) is 5.10 Å². The minimum absolute atomic E-state index is 0.122. The summed E-state index contributed by atoms with van der Waals surface area (Å²) in [4.78, 5) is 14.6. The second-order valence-corrected chi connectivity index (χ2v) is 7.39. The third-order valence-electron chi connectivity index (χ3n) is 5.39. The van der Waals surface area contributed by atoms with Crippen LogP contribution in [0.1, 0.15) is 29.4 Å². The van der Waals surface area contributed by atoms with E-state index < -0.39 is 0 Å². The van der Waals surface area contributed by atoms with Crippen molar-refractivity contribution in [2.45, 2.75) is 32.9 Å². The Morgan fingerprint density at radius 1 is 1.23 bits per heavy atom. The van der Waals surface area contributed by atoms with Crippen molar-refractivity contribution in [2.24, 2.45) is 7.05 Å². The average molecular weight is 408 g/mol. The minimum Gasteiger partial charge on any atom is -0.487 e. The van der Waals surface area contributed by atoms with E-state index in [2.05, 4.69) is 17.3 Å². The average Bonchev–Trinajstić information content (AvgIpc) is 3.08. The number of hydrogen-bond acceptors (Lipinski definition) is 3. The Hall–Kier alpha value is -3.35. The molecule has 3 aromatic rings. The van der Waals surface area contributed by atoms with Crippen molar-refractivity contribution in [3.8, 4) is 5.75 Å². The number of benzene rings is 2. The smallest absolute Gasteiger partial charge is 0.322 e. The van der Waals surface area contributed by atoms with Crippen LogP contribution in [0.15, 0.2) is 48.5 Å². The van der Waals surface area contributed by atoms with E-state index in [0.29, 0.717) is 18.8 Å². The van der Waals surface area contributed by atoms with Crippen molar-refractivity contribution < 1.29 is 13.9 Å². The SMILES string of the molecule is CCc1cccc(NC(=O)N2CCc3c(c(COc4ccc(F)cc4)nn3C)C2)c1. The number of hydrogen-bond donors (Lipinski definition) is 1. The normalized spacial score (nSPS) is 13.1. The molecular weight excluding hydrogens is 383 g/mol. The molecule has 4 rings (SSSR count). The van der Waals surface area contributed by atoms with Crippen LogP contribution < -0.4 is 10.1 Å². The van der Waals surface area contributed by atoms with Gasteiger partial charge in [-0.25, -0.2) is 9.18 Å². The zero-order valence-electron chi connectivity index (χ0n) is 17.2. The van der Waals surface area contributed by atoms with Crippen molar-refractivity contribution in [3.63, 3.8) is 0 Å². The van der Waals surface area contributed by atoms with E-state index >= 15 is 0 Å². The summed E-state index contributed by atoms with van der Waals surface area (Å²) in [7, 11) is 1.91. The first-order chi connectivity index (χ1) is 14.5. The lowest BCUT2D eigenvalue weighted by Crippen LogP contribution is -2.39. The largest absolute Gasteiger partial charge is 0.487 e. The number of urea groups is 1. The van der Waals surface area contributed by atoms with E-state index in [1.807, 2.05) is 36.0 Å². The minimum atomic E-state index is -0.302. The topological polar surface area (TPSA) is 59.4 Å². The number of anilines is 1. The lowest BCUT2D eigenvalue weighted by molar-refractivity contribution is 0.205. The van der Waals surface area contributed by atoms with Gasteiger partial charge in [0.15, 0.2) is 0 Å². The molecule has 6 nitrogen and oxygen atoms in total. The quantitative estimate of drug-likeness (QED) is 0.685. The summed E-state index contributed by atoms with van der Waals surface area (Å²) in [6, 6.07) is 13.7. The Morgan fingerprint density at radius 2 is 2.03 bits per heavy atom. The van der Waals surface area contributed by atoms with E-state index in [0.717, 1.165) is 35.5 Å². The zero-order valence-corrected chi connectivity index (χ0v) is 17.2. The number of halogens is 1. The molecule has 0 unspecified atom stereocenters. The van der Waals surface area contributed by atoms with Crippen molar-refractivity contribution in [1.82, 2.24) is 14.7 Å². The van der Waals surface area contributed by atoms with Crippen molar-refractivity contribution in [1.29, 1.82) is 0 Å². The molecule has 0 saturated heterocycles. The van der Waals surface area contributed by atoms with Crippen molar-refractivity contribution >= 4 is 11.7 Å². The summed E-state index contributed by atoms with van der Waals surface area (Å²) >= 11 is 0. The summed E-state index contributed by atoms with van der Waals surface area (Å²) < 4.78 is 20.7. The highest BCUT2D eigenvalue weighted by Gasteiger charge is 2.27. The summed E-state index contributed by atoms with van der Waals surface area (Å²) in [6.45, 7) is 3.46. The second kappa shape index (κ2) is 8.57. The van der Waals surface area contributed by atoms with E-state index in [-0.39, 0.29) is 18.5 Å². The highest BCUT2D eigenvalue weighted by molar-refractivity contribution is 5.89. The van der Waals surface area contributed by atoms with Crippen molar-refractivity contribution in [2.75, 3.05) is 11.9 Å². The van der Waals surface area contributed by atoms with Crippen LogP contribution in [0.3, 0.4) is 0 Å². The van der Waals surface area contributed by atoms with Gasteiger partial charge >= 0.3 is 6.03 Å². The molecule has 1 aromatic heterocycles. The Balaban J connectivity index is 1.45. The van der Waals surface area contributed by atoms with Crippen LogP contribution in [0.4, 0.5) is 14.9 Å². The predicted molar refractivity (Wildman–Crippen MR) is 113 cm³/mol. The molecule has 0 saturated carbocycles. The van der Waals surface area contributed by atoms with Gasteiger partial charge in [0.25, 0.3) is 0 Å². The molecule has 1 aliphatic heterocycles. The molecule has 0 aliphatic carbocycles. The maximum absolute atomic E-state index is 13.1. The number of fused-ring (bicyclic) bond motifs is 1. The second-order valence-electron chi connectivity index (χ2n) is 7.39. The van der Waals surface area contributed by atoms with E-state index in [1.165, 1.54) is 17.7 Å². The Labute approximate surface area is 175 Å². The van der Waals surface area contributed by atoms with E-state index in [4.69, 9.17) is 4.74 Å². The highest BCUT2D eigenvalue weighted by Crippen LogP contribution is 2.24. The molecule has 0 bridgehead atoms. The number of nitrogens with zero attached hydrogens (tertiary/aromatic N) is 3. The Kier molecular flexibility index (Phi) is 5.70. The molecule has 2 amide bonds. The molecule has 0 spiro atoms. The van der Waals surface area contributed by atoms with Crippen molar-refractivity contribution in [3.05, 3.63) is 76.9 Å². The number of ether oxygens (including phenoxy) is 1. The maximum atomic E-state index is 13.1. The molecule has 0 atom stereocenters. The van der Waals surface area contributed by atoms with Gasteiger partial charge in [0.2, 0.25) is 0 Å². The van der Waals surface area contributed by atoms with Crippen LogP contribution in [-0.2, 0) is 33.0 Å². The fourth-order valence-corrected chi connectivity index (χ4v) is 3.71. The maximum Gasteiger partial charge on any atom is 0.322 e. The van der Waals surface area contributed by atoms with Gasteiger partial charge in [0, 0.05) is 37.0 Å². The molecule has 0 radical (unpaired) electrons. The molecule has 2 heterocycles. The molecule has 7 heteroatoms. The predicted octanol–water partition coefficient (Wildman–Crippen LogP) is 4.29. The molecular formula is C23H25FN4O2. The molecule has 1 aliphatic rings. The first-order valence-corrected chi connectivity index (χ1v) is 10.1. The standard InChI is InChI=1S/C23H25FN4O2/c1-3-16-5-4-6-18(13-16)25-23(29)28-12-11-22-20(14-28)21(26-27(22)2)15-30-19-9-7-17(24)8-10-19/h4-10,13H,3,11-12,14-15H2,1-2H3,(H,25,29). The summed E-state index contributed by atoms with van der Waals surface area (Å²) in [5.41, 5.74) is 4.91. The third kappa shape index (κ3) is 4.30. The van der Waals surface area contributed by atoms with Gasteiger partial charge in [-0.15, -0.1) is 0 Å². The van der Waals surface area contributed by atoms with E-state index in [1.54, 1.807) is 17.0 Å². The number of aromatic nitrogens is 2. The third-order valence-corrected chi connectivity index (χ3v) is 5.39. The summed E-state index contributed by atoms with van der Waals surface area (Å²) in [6.07, 6.45) is 1.65. The molecule has 1 N–H and O–H groups in total. The highest BCUT2D eigenvalue weighted by atomic mass is 19.1. The van der Waals surface area contributed by atoms with Crippen LogP contribution in [0.25, 0.3) is 0 Å². The van der Waals surface area contributed by atoms with Crippen LogP contribution in [-0.4, -0.2) is 27.3 Å². The fraction of sp³-hybridized carbons (Fsp3) is 0.304. The lowest BCUT2D eigenvalue weighted by Gasteiger charge is -2.28. The molecule has 156 valence electrons. The molecule has 2 aromatic carbocycles.